The molecule has 7 nitrogen and oxygen atoms in total. The van der Waals surface area contributed by atoms with E-state index in [1.807, 2.05) is 52.0 Å². The molecule has 2 aromatic rings. The zero-order chi connectivity index (χ0) is 25.7. The highest BCUT2D eigenvalue weighted by atomic mass is 79.9. The molecule has 9 heteroatoms. The molecule has 1 amide bonds. The van der Waals surface area contributed by atoms with Crippen molar-refractivity contribution in [2.24, 2.45) is 0 Å². The Bertz CT molecular complexity index is 986. The summed E-state index contributed by atoms with van der Waals surface area (Å²) >= 11 is 9.18. The number of thiocarbonyl (C=S) groups is 1. The Morgan fingerprint density at radius 1 is 1.06 bits per heavy atom. The van der Waals surface area contributed by atoms with Crippen molar-refractivity contribution >= 4 is 45.2 Å². The highest BCUT2D eigenvalue weighted by Gasteiger charge is 2.33. The maximum Gasteiger partial charge on any atom is 0.423 e. The van der Waals surface area contributed by atoms with Gasteiger partial charge in [0.05, 0.1) is 0 Å². The topological polar surface area (TPSA) is 70.1 Å². The summed E-state index contributed by atoms with van der Waals surface area (Å²) in [5, 5.41) is -0.0417. The van der Waals surface area contributed by atoms with Gasteiger partial charge in [0.1, 0.15) is 17.0 Å². The van der Waals surface area contributed by atoms with Gasteiger partial charge in [-0.2, -0.15) is 4.90 Å². The maximum atomic E-state index is 13.4. The van der Waals surface area contributed by atoms with E-state index < -0.39 is 17.3 Å². The predicted molar refractivity (Wildman–Crippen MR) is 141 cm³/mol. The van der Waals surface area contributed by atoms with E-state index in [1.165, 1.54) is 4.90 Å². The van der Waals surface area contributed by atoms with Crippen LogP contribution in [0, 0.1) is 0 Å². The van der Waals surface area contributed by atoms with Crippen LogP contribution >= 0.6 is 28.1 Å². The van der Waals surface area contributed by atoms with Gasteiger partial charge in [-0.05, 0) is 99.4 Å². The highest BCUT2D eigenvalue weighted by molar-refractivity contribution is 9.10. The number of ether oxygens (including phenoxy) is 4. The Kier molecular flexibility index (Phi) is 9.45. The maximum absolute atomic E-state index is 13.4. The van der Waals surface area contributed by atoms with Gasteiger partial charge in [0, 0.05) is 23.3 Å². The second-order valence-corrected chi connectivity index (χ2v) is 10.7. The molecular formula is C25H33BrN2O5S. The fourth-order valence-corrected chi connectivity index (χ4v) is 4.03. The number of nitrogens with zero attached hydrogens (tertiary/aromatic N) is 2. The lowest BCUT2D eigenvalue weighted by molar-refractivity contribution is 0.0511. The monoisotopic (exact) mass is 552 g/mol. The van der Waals surface area contributed by atoms with E-state index in [2.05, 4.69) is 20.9 Å². The van der Waals surface area contributed by atoms with Crippen LogP contribution in [0.5, 0.6) is 5.75 Å². The smallest absolute Gasteiger partial charge is 0.423 e. The Labute approximate surface area is 215 Å². The average molecular weight is 554 g/mol. The lowest BCUT2D eigenvalue weighted by Gasteiger charge is -2.31. The molecule has 0 unspecified atom stereocenters. The summed E-state index contributed by atoms with van der Waals surface area (Å²) in [7, 11) is 1.56. The van der Waals surface area contributed by atoms with Gasteiger partial charge in [-0.25, -0.2) is 9.78 Å². The van der Waals surface area contributed by atoms with Crippen LogP contribution in [-0.4, -0.2) is 41.4 Å². The van der Waals surface area contributed by atoms with Crippen molar-refractivity contribution in [1.82, 2.24) is 4.98 Å². The number of carbonyl (C=O) groups is 1. The van der Waals surface area contributed by atoms with E-state index in [0.29, 0.717) is 18.0 Å². The summed E-state index contributed by atoms with van der Waals surface area (Å²) in [6, 6.07) is 7.47. The van der Waals surface area contributed by atoms with Crippen molar-refractivity contribution in [1.29, 1.82) is 0 Å². The number of hydrogen-bond donors (Lipinski definition) is 0. The number of methoxy groups -OCH3 is 1. The van der Waals surface area contributed by atoms with E-state index in [-0.39, 0.29) is 12.0 Å². The number of anilines is 1. The van der Waals surface area contributed by atoms with Crippen LogP contribution in [0.3, 0.4) is 0 Å². The molecule has 1 aromatic heterocycles. The normalized spacial score (nSPS) is 11.7. The molecule has 0 fully saturated rings. The lowest BCUT2D eigenvalue weighted by atomic mass is 9.98. The molecule has 0 radical (unpaired) electrons. The molecule has 0 bridgehead atoms. The Morgan fingerprint density at radius 3 is 2.15 bits per heavy atom. The molecule has 0 saturated carbocycles. The number of hydrogen-bond acceptors (Lipinski definition) is 7. The van der Waals surface area contributed by atoms with Gasteiger partial charge in [0.25, 0.3) is 5.17 Å². The molecule has 0 saturated heterocycles. The quantitative estimate of drug-likeness (QED) is 0.285. The molecule has 2 rings (SSSR count). The first-order chi connectivity index (χ1) is 15.8. The molecule has 0 spiro atoms. The first kappa shape index (κ1) is 28.0. The molecule has 186 valence electrons. The van der Waals surface area contributed by atoms with Crippen molar-refractivity contribution in [2.45, 2.75) is 66.1 Å². The molecule has 0 atom stereocenters. The van der Waals surface area contributed by atoms with Crippen molar-refractivity contribution in [3.8, 4) is 16.9 Å². The van der Waals surface area contributed by atoms with Crippen LogP contribution in [0.25, 0.3) is 11.1 Å². The molecule has 0 aliphatic rings. The molecule has 0 aliphatic carbocycles. The van der Waals surface area contributed by atoms with Gasteiger partial charge in [0.2, 0.25) is 0 Å². The first-order valence-electron chi connectivity index (χ1n) is 10.9. The van der Waals surface area contributed by atoms with E-state index in [9.17, 15) is 4.79 Å². The van der Waals surface area contributed by atoms with E-state index in [1.54, 1.807) is 34.1 Å². The van der Waals surface area contributed by atoms with Crippen molar-refractivity contribution in [3.05, 3.63) is 40.5 Å². The summed E-state index contributed by atoms with van der Waals surface area (Å²) in [6.45, 7) is 13.1. The molecule has 34 heavy (non-hydrogen) atoms. The number of amides is 1. The second-order valence-electron chi connectivity index (χ2n) is 9.51. The highest BCUT2D eigenvalue weighted by Crippen LogP contribution is 2.38. The van der Waals surface area contributed by atoms with Crippen LogP contribution in [0.4, 0.5) is 10.6 Å². The van der Waals surface area contributed by atoms with Gasteiger partial charge in [-0.1, -0.05) is 19.1 Å². The van der Waals surface area contributed by atoms with Crippen LogP contribution in [0.1, 0.15) is 54.0 Å². The van der Waals surface area contributed by atoms with Crippen molar-refractivity contribution < 1.29 is 23.7 Å². The van der Waals surface area contributed by atoms with Gasteiger partial charge >= 0.3 is 6.09 Å². The number of carbonyl (C=O) groups excluding carboxylic acids is 1. The fraction of sp³-hybridized carbons (Fsp3) is 0.480. The standard InChI is InChI=1S/C25H33BrN2O5S/c1-9-18-19(26)14-27-21(20(18)16-10-12-17(13-11-16)31-15-30-8)28(22(29)32-24(2,3)4)23(34)33-25(5,6)7/h10-14H,9,15H2,1-8H3. The van der Waals surface area contributed by atoms with E-state index >= 15 is 0 Å². The van der Waals surface area contributed by atoms with E-state index in [4.69, 9.17) is 31.2 Å². The summed E-state index contributed by atoms with van der Waals surface area (Å²) in [6.07, 6.45) is 1.67. The third-order valence-corrected chi connectivity index (χ3v) is 5.27. The number of halogens is 1. The second kappa shape index (κ2) is 11.5. The Morgan fingerprint density at radius 2 is 1.65 bits per heavy atom. The van der Waals surface area contributed by atoms with Gasteiger partial charge in [-0.15, -0.1) is 0 Å². The zero-order valence-corrected chi connectivity index (χ0v) is 23.4. The van der Waals surface area contributed by atoms with Gasteiger partial charge in [-0.3, -0.25) is 0 Å². The van der Waals surface area contributed by atoms with E-state index in [0.717, 1.165) is 21.2 Å². The summed E-state index contributed by atoms with van der Waals surface area (Å²) in [5.74, 6) is 0.984. The van der Waals surface area contributed by atoms with Crippen LogP contribution < -0.4 is 9.64 Å². The third kappa shape index (κ3) is 7.65. The molecule has 1 heterocycles. The SMILES string of the molecule is CCc1c(Br)cnc(N(C(=O)OC(C)(C)C)C(=S)OC(C)(C)C)c1-c1ccc(OCOC)cc1. The Hall–Kier alpha value is -2.23. The predicted octanol–water partition coefficient (Wildman–Crippen LogP) is 6.90. The minimum absolute atomic E-state index is 0.0417. The molecule has 0 N–H and O–H groups in total. The minimum Gasteiger partial charge on any atom is -0.468 e. The summed E-state index contributed by atoms with van der Waals surface area (Å²) in [4.78, 5) is 19.2. The van der Waals surface area contributed by atoms with Gasteiger partial charge < -0.3 is 18.9 Å². The van der Waals surface area contributed by atoms with Crippen LogP contribution in [0.2, 0.25) is 0 Å². The number of pyridine rings is 1. The van der Waals surface area contributed by atoms with Crippen molar-refractivity contribution in [3.63, 3.8) is 0 Å². The molecular weight excluding hydrogens is 520 g/mol. The lowest BCUT2D eigenvalue weighted by Crippen LogP contribution is -2.44. The van der Waals surface area contributed by atoms with Crippen LogP contribution in [0.15, 0.2) is 34.9 Å². The largest absolute Gasteiger partial charge is 0.468 e. The number of rotatable bonds is 6. The van der Waals surface area contributed by atoms with Crippen LogP contribution in [-0.2, 0) is 20.6 Å². The fourth-order valence-electron chi connectivity index (χ4n) is 3.04. The van der Waals surface area contributed by atoms with Crippen molar-refractivity contribution in [2.75, 3.05) is 18.8 Å². The first-order valence-corrected chi connectivity index (χ1v) is 12.1. The number of benzene rings is 1. The zero-order valence-electron chi connectivity index (χ0n) is 21.0. The minimum atomic E-state index is -0.740. The summed E-state index contributed by atoms with van der Waals surface area (Å²) < 4.78 is 22.9. The third-order valence-electron chi connectivity index (χ3n) is 4.32. The molecule has 0 aliphatic heterocycles. The molecule has 1 aromatic carbocycles. The average Bonchev–Trinajstić information content (AvgIpc) is 2.71. The number of aromatic nitrogens is 1. The van der Waals surface area contributed by atoms with Gasteiger partial charge in [0.15, 0.2) is 12.6 Å². The Balaban J connectivity index is 2.70. The summed E-state index contributed by atoms with van der Waals surface area (Å²) in [5.41, 5.74) is 1.16.